The molecule has 29 heavy (non-hydrogen) atoms. The largest absolute Gasteiger partial charge is 0.454 e. The van der Waals surface area contributed by atoms with Crippen LogP contribution < -0.4 is 0 Å². The normalized spacial score (nSPS) is 48.6. The van der Waals surface area contributed by atoms with E-state index in [4.69, 9.17) is 9.47 Å². The van der Waals surface area contributed by atoms with E-state index in [0.29, 0.717) is 18.4 Å². The van der Waals surface area contributed by atoms with Crippen molar-refractivity contribution < 1.29 is 34.4 Å². The Morgan fingerprint density at radius 1 is 1.24 bits per heavy atom. The van der Waals surface area contributed by atoms with Gasteiger partial charge in [-0.05, 0) is 38.7 Å². The second-order valence-electron chi connectivity index (χ2n) is 10.3. The van der Waals surface area contributed by atoms with Gasteiger partial charge < -0.3 is 24.8 Å². The fourth-order valence-corrected chi connectivity index (χ4v) is 6.62. The first-order valence-corrected chi connectivity index (χ1v) is 10.5. The number of allylic oxidation sites excluding steroid dienone is 1. The highest BCUT2D eigenvalue weighted by Crippen LogP contribution is 2.62. The molecule has 4 rings (SSSR count). The van der Waals surface area contributed by atoms with E-state index < -0.39 is 58.0 Å². The SMILES string of the molecule is CC(=O)O[C@@]12COC1CC(O)C1(C)C(=O)C(O)C3=C(C)CC[C@@](O)(CC12)C3(C)C. The van der Waals surface area contributed by atoms with E-state index in [0.717, 1.165) is 5.57 Å². The molecule has 4 aliphatic rings. The summed E-state index contributed by atoms with van der Waals surface area (Å²) in [7, 11) is 0. The number of aliphatic hydroxyl groups is 3. The van der Waals surface area contributed by atoms with Gasteiger partial charge in [0.2, 0.25) is 0 Å². The van der Waals surface area contributed by atoms with Crippen LogP contribution in [-0.2, 0) is 19.1 Å². The van der Waals surface area contributed by atoms with Crippen LogP contribution in [-0.4, -0.2) is 63.2 Å². The number of ether oxygens (including phenoxy) is 2. The maximum absolute atomic E-state index is 13.7. The first-order chi connectivity index (χ1) is 13.3. The quantitative estimate of drug-likeness (QED) is 0.442. The molecule has 0 spiro atoms. The Morgan fingerprint density at radius 3 is 2.45 bits per heavy atom. The van der Waals surface area contributed by atoms with Gasteiger partial charge in [0, 0.05) is 24.7 Å². The number of Topliss-reactive ketones (excluding diaryl/α,β-unsaturated/α-hetero) is 1. The molecule has 3 aliphatic carbocycles. The molecule has 7 nitrogen and oxygen atoms in total. The van der Waals surface area contributed by atoms with Gasteiger partial charge in [-0.25, -0.2) is 0 Å². The first kappa shape index (κ1) is 21.0. The monoisotopic (exact) mass is 408 g/mol. The number of hydrogen-bond donors (Lipinski definition) is 3. The van der Waals surface area contributed by atoms with Crippen LogP contribution in [0.25, 0.3) is 0 Å². The molecule has 3 fully saturated rings. The number of ketones is 1. The van der Waals surface area contributed by atoms with Crippen molar-refractivity contribution in [1.29, 1.82) is 0 Å². The fourth-order valence-electron chi connectivity index (χ4n) is 6.62. The minimum absolute atomic E-state index is 0.117. The second-order valence-corrected chi connectivity index (χ2v) is 10.3. The number of carbonyl (C=O) groups is 2. The molecule has 7 heteroatoms. The third kappa shape index (κ3) is 2.44. The second kappa shape index (κ2) is 6.13. The van der Waals surface area contributed by atoms with Crippen LogP contribution in [0.3, 0.4) is 0 Å². The third-order valence-electron chi connectivity index (χ3n) is 8.64. The number of rotatable bonds is 1. The van der Waals surface area contributed by atoms with Crippen LogP contribution in [0.2, 0.25) is 0 Å². The highest BCUT2D eigenvalue weighted by atomic mass is 16.6. The molecular weight excluding hydrogens is 376 g/mol. The predicted molar refractivity (Wildman–Crippen MR) is 103 cm³/mol. The van der Waals surface area contributed by atoms with Gasteiger partial charge in [-0.1, -0.05) is 19.4 Å². The average Bonchev–Trinajstić information content (AvgIpc) is 2.61. The van der Waals surface area contributed by atoms with Gasteiger partial charge in [-0.15, -0.1) is 0 Å². The zero-order valence-corrected chi connectivity index (χ0v) is 17.8. The highest BCUT2D eigenvalue weighted by molar-refractivity contribution is 5.93. The highest BCUT2D eigenvalue weighted by Gasteiger charge is 2.73. The first-order valence-electron chi connectivity index (χ1n) is 10.5. The average molecular weight is 408 g/mol. The third-order valence-corrected chi connectivity index (χ3v) is 8.64. The maximum atomic E-state index is 13.7. The molecule has 7 atom stereocenters. The topological polar surface area (TPSA) is 113 Å². The van der Waals surface area contributed by atoms with Crippen molar-refractivity contribution in [3.8, 4) is 0 Å². The van der Waals surface area contributed by atoms with Crippen LogP contribution in [0.4, 0.5) is 0 Å². The van der Waals surface area contributed by atoms with E-state index in [1.165, 1.54) is 6.92 Å². The number of hydrogen-bond acceptors (Lipinski definition) is 7. The summed E-state index contributed by atoms with van der Waals surface area (Å²) in [5, 5.41) is 34.1. The van der Waals surface area contributed by atoms with Crippen LogP contribution in [0.15, 0.2) is 11.1 Å². The van der Waals surface area contributed by atoms with Crippen LogP contribution in [0.1, 0.15) is 60.3 Å². The van der Waals surface area contributed by atoms with Gasteiger partial charge in [0.1, 0.15) is 12.2 Å². The van der Waals surface area contributed by atoms with Gasteiger partial charge in [0.25, 0.3) is 0 Å². The lowest BCUT2D eigenvalue weighted by atomic mass is 9.46. The standard InChI is InChI=1S/C22H32O7/c1-11-6-7-21(27)9-13-20(5,18(26)17(25)16(11)19(21,3)4)14(24)8-15-22(13,10-28-15)29-12(2)23/h13-15,17,24-25,27H,6-10H2,1-5H3/t13?,14?,15?,17?,20?,21-,22-/m1/s1. The summed E-state index contributed by atoms with van der Waals surface area (Å²) in [4.78, 5) is 25.7. The lowest BCUT2D eigenvalue weighted by molar-refractivity contribution is -0.327. The molecule has 0 aromatic heterocycles. The minimum Gasteiger partial charge on any atom is -0.454 e. The van der Waals surface area contributed by atoms with Gasteiger partial charge >= 0.3 is 5.97 Å². The molecule has 1 aliphatic heterocycles. The summed E-state index contributed by atoms with van der Waals surface area (Å²) in [6.07, 6.45) is -1.67. The number of fused-ring (bicyclic) bond motifs is 5. The van der Waals surface area contributed by atoms with Crippen molar-refractivity contribution in [2.24, 2.45) is 16.7 Å². The Labute approximate surface area is 171 Å². The minimum atomic E-state index is -1.42. The van der Waals surface area contributed by atoms with Gasteiger partial charge in [-0.2, -0.15) is 0 Å². The molecule has 2 saturated carbocycles. The van der Waals surface area contributed by atoms with E-state index in [9.17, 15) is 24.9 Å². The molecule has 1 heterocycles. The zero-order chi connectivity index (χ0) is 21.6. The molecule has 5 unspecified atom stereocenters. The molecule has 0 amide bonds. The summed E-state index contributed by atoms with van der Waals surface area (Å²) in [5.41, 5.74) is -3.06. The van der Waals surface area contributed by atoms with E-state index in [1.807, 2.05) is 20.8 Å². The molecule has 0 aromatic carbocycles. The summed E-state index contributed by atoms with van der Waals surface area (Å²) < 4.78 is 11.4. The lowest BCUT2D eigenvalue weighted by Gasteiger charge is -2.65. The smallest absolute Gasteiger partial charge is 0.303 e. The fraction of sp³-hybridized carbons (Fsp3) is 0.818. The van der Waals surface area contributed by atoms with Crippen molar-refractivity contribution in [2.45, 2.75) is 89.8 Å². The van der Waals surface area contributed by atoms with Crippen molar-refractivity contribution in [3.05, 3.63) is 11.1 Å². The van der Waals surface area contributed by atoms with Crippen LogP contribution in [0.5, 0.6) is 0 Å². The van der Waals surface area contributed by atoms with E-state index in [2.05, 4.69) is 0 Å². The van der Waals surface area contributed by atoms with Gasteiger partial charge in [0.05, 0.1) is 23.7 Å². The molecule has 2 bridgehead atoms. The molecule has 0 aromatic rings. The Bertz CT molecular complexity index is 801. The van der Waals surface area contributed by atoms with Crippen molar-refractivity contribution in [1.82, 2.24) is 0 Å². The van der Waals surface area contributed by atoms with Crippen molar-refractivity contribution >= 4 is 11.8 Å². The van der Waals surface area contributed by atoms with Crippen molar-refractivity contribution in [3.63, 3.8) is 0 Å². The molecule has 1 saturated heterocycles. The lowest BCUT2D eigenvalue weighted by Crippen LogP contribution is -2.77. The number of esters is 1. The predicted octanol–water partition coefficient (Wildman–Crippen LogP) is 1.28. The van der Waals surface area contributed by atoms with Crippen molar-refractivity contribution in [2.75, 3.05) is 6.61 Å². The Kier molecular flexibility index (Phi) is 4.43. The maximum Gasteiger partial charge on any atom is 0.303 e. The van der Waals surface area contributed by atoms with E-state index in [1.54, 1.807) is 6.92 Å². The van der Waals surface area contributed by atoms with Gasteiger partial charge in [-0.3, -0.25) is 9.59 Å². The van der Waals surface area contributed by atoms with Gasteiger partial charge in [0.15, 0.2) is 11.4 Å². The number of aliphatic hydroxyl groups excluding tert-OH is 2. The van der Waals surface area contributed by atoms with E-state index in [-0.39, 0.29) is 19.4 Å². The Morgan fingerprint density at radius 2 is 1.90 bits per heavy atom. The molecular formula is C22H32O7. The Balaban J connectivity index is 1.94. The summed E-state index contributed by atoms with van der Waals surface area (Å²) in [5.74, 6) is -1.63. The van der Waals surface area contributed by atoms with E-state index >= 15 is 0 Å². The van der Waals surface area contributed by atoms with Crippen LogP contribution in [0, 0.1) is 16.7 Å². The summed E-state index contributed by atoms with van der Waals surface area (Å²) in [6, 6.07) is 0. The summed E-state index contributed by atoms with van der Waals surface area (Å²) >= 11 is 0. The molecule has 0 radical (unpaired) electrons. The zero-order valence-electron chi connectivity index (χ0n) is 17.8. The number of carbonyl (C=O) groups excluding carboxylic acids is 2. The molecule has 162 valence electrons. The molecule has 3 N–H and O–H groups in total. The Hall–Kier alpha value is -1.28. The summed E-state index contributed by atoms with van der Waals surface area (Å²) in [6.45, 7) is 8.68. The van der Waals surface area contributed by atoms with Crippen LogP contribution >= 0.6 is 0 Å².